The molecule has 0 aromatic heterocycles. The van der Waals surface area contributed by atoms with Crippen molar-refractivity contribution in [3.8, 4) is 0 Å². The van der Waals surface area contributed by atoms with Crippen LogP contribution in [-0.4, -0.2) is 0 Å². The van der Waals surface area contributed by atoms with E-state index in [0.717, 1.165) is 0 Å². The molecule has 0 saturated heterocycles. The first-order valence-electron chi connectivity index (χ1n) is 0. The fraction of sp³-hybridized carbons (Fsp3) is 0. The zero-order valence-corrected chi connectivity index (χ0v) is 8.79. The number of hydrogen-bond donors (Lipinski definition) is 0. The van der Waals surface area contributed by atoms with Gasteiger partial charge in [-0.25, -0.2) is 0 Å². The molecule has 0 amide bonds. The Labute approximate surface area is 93.3 Å². The van der Waals surface area contributed by atoms with Gasteiger partial charge in [0, 0.05) is 94.8 Å². The zero-order valence-electron chi connectivity index (χ0n) is 1.54. The molecule has 0 saturated carbocycles. The Morgan fingerprint density at radius 2 is 0.600 bits per heavy atom. The summed E-state index contributed by atoms with van der Waals surface area (Å²) in [5, 5.41) is 0. The maximum atomic E-state index is 0. The van der Waals surface area contributed by atoms with E-state index in [1.165, 1.54) is 0 Å². The van der Waals surface area contributed by atoms with Gasteiger partial charge in [0.1, 0.15) is 0 Å². The molecule has 5 heavy (non-hydrogen) atoms. The van der Waals surface area contributed by atoms with E-state index in [9.17, 15) is 0 Å². The SMILES string of the molecule is [Au].[Au].[Cu].[Ni].[Ni]. The van der Waals surface area contributed by atoms with Crippen molar-refractivity contribution in [2.24, 2.45) is 0 Å². The maximum Gasteiger partial charge on any atom is 0 e. The van der Waals surface area contributed by atoms with Crippen LogP contribution in [0, 0.1) is 0 Å². The molecule has 3 radical (unpaired) electrons. The van der Waals surface area contributed by atoms with E-state index in [1.54, 1.807) is 0 Å². The van der Waals surface area contributed by atoms with Crippen molar-refractivity contribution in [2.45, 2.75) is 0 Å². The average Bonchev–Trinajstić information content (AvgIpc) is 0. The molecular formula is Au2CuNi2. The second-order valence-corrected chi connectivity index (χ2v) is 0. The Morgan fingerprint density at radius 3 is 0.600 bits per heavy atom. The summed E-state index contributed by atoms with van der Waals surface area (Å²) >= 11 is 0. The largest absolute Gasteiger partial charge is 0 e. The van der Waals surface area contributed by atoms with Crippen LogP contribution in [0.4, 0.5) is 0 Å². The van der Waals surface area contributed by atoms with Crippen molar-refractivity contribution in [1.29, 1.82) is 0 Å². The summed E-state index contributed by atoms with van der Waals surface area (Å²) in [6.07, 6.45) is 0. The molecule has 53 valence electrons. The molecule has 5 heteroatoms. The van der Waals surface area contributed by atoms with Crippen LogP contribution in [0.3, 0.4) is 0 Å². The molecule has 0 rings (SSSR count). The van der Waals surface area contributed by atoms with Crippen LogP contribution in [0.15, 0.2) is 0 Å². The standard InChI is InChI=1S/2Au.Cu.2Ni. The monoisotopic (exact) mass is 573 g/mol. The summed E-state index contributed by atoms with van der Waals surface area (Å²) in [4.78, 5) is 0. The van der Waals surface area contributed by atoms with Gasteiger partial charge in [-0.1, -0.05) is 0 Å². The molecule has 0 heterocycles. The molecule has 0 unspecified atom stereocenters. The molecule has 0 atom stereocenters. The predicted octanol–water partition coefficient (Wildman–Crippen LogP) is -0.0125. The third-order valence-corrected chi connectivity index (χ3v) is 0. The Bertz CT molecular complexity index is 7.61. The minimum atomic E-state index is 0. The minimum absolute atomic E-state index is 0. The second-order valence-electron chi connectivity index (χ2n) is 0. The van der Waals surface area contributed by atoms with Gasteiger partial charge >= 0.3 is 0 Å². The van der Waals surface area contributed by atoms with E-state index in [0.29, 0.717) is 0 Å². The molecule has 0 fully saturated rings. The van der Waals surface area contributed by atoms with E-state index in [4.69, 9.17) is 0 Å². The quantitative estimate of drug-likeness (QED) is 0.357. The average molecular weight is 575 g/mol. The first-order chi connectivity index (χ1) is 0. The van der Waals surface area contributed by atoms with Crippen LogP contribution < -0.4 is 0 Å². The first kappa shape index (κ1) is 43.7. The van der Waals surface area contributed by atoms with E-state index >= 15 is 0 Å². The van der Waals surface area contributed by atoms with E-state index in [1.807, 2.05) is 0 Å². The van der Waals surface area contributed by atoms with Gasteiger partial charge in [0.05, 0.1) is 0 Å². The summed E-state index contributed by atoms with van der Waals surface area (Å²) in [6.45, 7) is 0. The summed E-state index contributed by atoms with van der Waals surface area (Å²) in [5.41, 5.74) is 0. The van der Waals surface area contributed by atoms with Gasteiger partial charge in [-0.15, -0.1) is 0 Å². The number of hydrogen-bond acceptors (Lipinski definition) is 0. The van der Waals surface area contributed by atoms with Crippen molar-refractivity contribution >= 4 is 0 Å². The predicted molar refractivity (Wildman–Crippen MR) is 0 cm³/mol. The van der Waals surface area contributed by atoms with Gasteiger partial charge in [-0.05, 0) is 0 Å². The third-order valence-electron chi connectivity index (χ3n) is 0. The van der Waals surface area contributed by atoms with Crippen molar-refractivity contribution in [3.05, 3.63) is 0 Å². The van der Waals surface area contributed by atoms with Crippen LogP contribution in [-0.2, 0) is 94.8 Å². The molecule has 0 N–H and O–H groups in total. The van der Waals surface area contributed by atoms with Crippen LogP contribution in [0.5, 0.6) is 0 Å². The fourth-order valence-electron chi connectivity index (χ4n) is 0. The van der Waals surface area contributed by atoms with Gasteiger partial charge in [0.2, 0.25) is 0 Å². The Kier molecular flexibility index (Phi) is 245. The molecule has 0 aliphatic heterocycles. The molecule has 0 aromatic carbocycles. The van der Waals surface area contributed by atoms with Gasteiger partial charge < -0.3 is 0 Å². The molecule has 0 aliphatic carbocycles. The van der Waals surface area contributed by atoms with E-state index < -0.39 is 0 Å². The molecular weight excluding hydrogens is 575 g/mol. The van der Waals surface area contributed by atoms with Crippen molar-refractivity contribution in [1.82, 2.24) is 0 Å². The van der Waals surface area contributed by atoms with Crippen molar-refractivity contribution in [2.75, 3.05) is 0 Å². The van der Waals surface area contributed by atoms with E-state index in [-0.39, 0.29) is 94.8 Å². The van der Waals surface area contributed by atoms with Gasteiger partial charge in [0.15, 0.2) is 0 Å². The first-order valence-corrected chi connectivity index (χ1v) is 0. The van der Waals surface area contributed by atoms with Crippen LogP contribution in [0.1, 0.15) is 0 Å². The fourth-order valence-corrected chi connectivity index (χ4v) is 0. The Balaban J connectivity index is 0. The van der Waals surface area contributed by atoms with Crippen LogP contribution in [0.2, 0.25) is 0 Å². The molecule has 0 bridgehead atoms. The summed E-state index contributed by atoms with van der Waals surface area (Å²) in [7, 11) is 0. The Hall–Kier alpha value is 2.99. The summed E-state index contributed by atoms with van der Waals surface area (Å²) < 4.78 is 0. The topological polar surface area (TPSA) is 0 Å². The summed E-state index contributed by atoms with van der Waals surface area (Å²) in [6, 6.07) is 0. The van der Waals surface area contributed by atoms with Gasteiger partial charge in [-0.2, -0.15) is 0 Å². The third kappa shape index (κ3) is 19.5. The van der Waals surface area contributed by atoms with Crippen molar-refractivity contribution in [3.63, 3.8) is 0 Å². The maximum absolute atomic E-state index is 0. The zero-order chi connectivity index (χ0) is 0. The Morgan fingerprint density at radius 1 is 0.600 bits per heavy atom. The van der Waals surface area contributed by atoms with Gasteiger partial charge in [-0.3, -0.25) is 0 Å². The summed E-state index contributed by atoms with van der Waals surface area (Å²) in [5.74, 6) is 0. The van der Waals surface area contributed by atoms with Crippen molar-refractivity contribution < 1.29 is 94.8 Å². The normalized spacial score (nSPS) is 0. The molecule has 0 spiro atoms. The van der Waals surface area contributed by atoms with Crippen LogP contribution in [0.25, 0.3) is 0 Å². The van der Waals surface area contributed by atoms with Crippen LogP contribution >= 0.6 is 0 Å². The number of rotatable bonds is 0. The minimum Gasteiger partial charge on any atom is 0 e. The van der Waals surface area contributed by atoms with Gasteiger partial charge in [0.25, 0.3) is 0 Å². The second kappa shape index (κ2) is 28.1. The molecule has 0 aliphatic rings. The van der Waals surface area contributed by atoms with E-state index in [2.05, 4.69) is 0 Å². The molecule has 0 aromatic rings. The smallest absolute Gasteiger partial charge is 0 e. The molecule has 0 nitrogen and oxygen atoms in total.